The number of anilines is 2. The van der Waals surface area contributed by atoms with Crippen LogP contribution in [0, 0.1) is 0 Å². The maximum Gasteiger partial charge on any atom is 0.221 e. The summed E-state index contributed by atoms with van der Waals surface area (Å²) in [6.07, 6.45) is 5.18. The van der Waals surface area contributed by atoms with Gasteiger partial charge in [-0.05, 0) is 48.2 Å². The third kappa shape index (κ3) is 4.70. The lowest BCUT2D eigenvalue weighted by Gasteiger charge is -2.12. The van der Waals surface area contributed by atoms with Crippen LogP contribution in [-0.2, 0) is 22.4 Å². The molecule has 0 aliphatic rings. The molecule has 2 rings (SSSR count). The number of pyridine rings is 1. The van der Waals surface area contributed by atoms with E-state index in [1.165, 1.54) is 19.4 Å². The van der Waals surface area contributed by atoms with Crippen molar-refractivity contribution in [1.82, 2.24) is 4.98 Å². The van der Waals surface area contributed by atoms with Crippen LogP contribution in [0.3, 0.4) is 0 Å². The van der Waals surface area contributed by atoms with Crippen molar-refractivity contribution < 1.29 is 9.59 Å². The van der Waals surface area contributed by atoms with Crippen LogP contribution in [0.2, 0.25) is 0 Å². The van der Waals surface area contributed by atoms with E-state index in [0.717, 1.165) is 24.1 Å². The first kappa shape index (κ1) is 15.7. The summed E-state index contributed by atoms with van der Waals surface area (Å²) in [6, 6.07) is 9.50. The zero-order chi connectivity index (χ0) is 15.9. The molecular weight excluding hydrogens is 278 g/mol. The van der Waals surface area contributed by atoms with E-state index in [1.54, 1.807) is 18.5 Å². The molecule has 0 bridgehead atoms. The number of aryl methyl sites for hydroxylation is 2. The minimum atomic E-state index is -0.140. The van der Waals surface area contributed by atoms with E-state index >= 15 is 0 Å². The van der Waals surface area contributed by atoms with Crippen LogP contribution in [0.25, 0.3) is 0 Å². The Balaban J connectivity index is 2.17. The van der Waals surface area contributed by atoms with Gasteiger partial charge in [0.2, 0.25) is 11.8 Å². The van der Waals surface area contributed by atoms with Crippen molar-refractivity contribution in [3.63, 3.8) is 0 Å². The topological polar surface area (TPSA) is 71.1 Å². The third-order valence-electron chi connectivity index (χ3n) is 3.17. The summed E-state index contributed by atoms with van der Waals surface area (Å²) in [4.78, 5) is 26.5. The van der Waals surface area contributed by atoms with Crippen LogP contribution in [0.1, 0.15) is 25.0 Å². The number of aromatic nitrogens is 1. The molecule has 114 valence electrons. The molecule has 0 unspecified atom stereocenters. The highest BCUT2D eigenvalue weighted by atomic mass is 16.2. The molecule has 0 fully saturated rings. The molecule has 0 saturated heterocycles. The number of carbonyl (C=O) groups is 2. The van der Waals surface area contributed by atoms with Gasteiger partial charge in [-0.1, -0.05) is 6.07 Å². The van der Waals surface area contributed by atoms with E-state index in [1.807, 2.05) is 24.3 Å². The molecule has 1 heterocycles. The van der Waals surface area contributed by atoms with E-state index in [0.29, 0.717) is 5.69 Å². The quantitative estimate of drug-likeness (QED) is 0.891. The standard InChI is InChI=1S/C17H19N3O2/c1-12(21)19-16-6-5-15(17(11-16)20-13(2)22)4-3-14-7-9-18-10-8-14/h5-11H,3-4H2,1-2H3,(H,19,21)(H,20,22). The smallest absolute Gasteiger partial charge is 0.221 e. The second kappa shape index (κ2) is 7.36. The van der Waals surface area contributed by atoms with Crippen molar-refractivity contribution in [2.75, 3.05) is 10.6 Å². The lowest BCUT2D eigenvalue weighted by atomic mass is 10.0. The summed E-state index contributed by atoms with van der Waals surface area (Å²) in [5.41, 5.74) is 3.62. The molecule has 0 spiro atoms. The Morgan fingerprint density at radius 1 is 0.955 bits per heavy atom. The number of nitrogens with zero attached hydrogens (tertiary/aromatic N) is 1. The summed E-state index contributed by atoms with van der Waals surface area (Å²) < 4.78 is 0. The molecule has 2 N–H and O–H groups in total. The van der Waals surface area contributed by atoms with E-state index < -0.39 is 0 Å². The number of nitrogens with one attached hydrogen (secondary N) is 2. The highest BCUT2D eigenvalue weighted by Gasteiger charge is 2.07. The Labute approximate surface area is 129 Å². The second-order valence-electron chi connectivity index (χ2n) is 5.09. The Morgan fingerprint density at radius 3 is 2.27 bits per heavy atom. The predicted octanol–water partition coefficient (Wildman–Crippen LogP) is 2.78. The molecule has 0 aliphatic heterocycles. The molecule has 5 nitrogen and oxygen atoms in total. The van der Waals surface area contributed by atoms with Crippen molar-refractivity contribution in [2.24, 2.45) is 0 Å². The van der Waals surface area contributed by atoms with Gasteiger partial charge in [0.15, 0.2) is 0 Å². The predicted molar refractivity (Wildman–Crippen MR) is 86.7 cm³/mol. The molecule has 5 heteroatoms. The van der Waals surface area contributed by atoms with Crippen molar-refractivity contribution in [3.05, 3.63) is 53.9 Å². The molecule has 0 aliphatic carbocycles. The zero-order valence-electron chi connectivity index (χ0n) is 12.7. The number of benzene rings is 1. The summed E-state index contributed by atoms with van der Waals surface area (Å²) in [5.74, 6) is -0.275. The summed E-state index contributed by atoms with van der Waals surface area (Å²) in [7, 11) is 0. The molecule has 1 aromatic heterocycles. The fourth-order valence-corrected chi connectivity index (χ4v) is 2.21. The Hall–Kier alpha value is -2.69. The molecule has 22 heavy (non-hydrogen) atoms. The van der Waals surface area contributed by atoms with Crippen LogP contribution >= 0.6 is 0 Å². The van der Waals surface area contributed by atoms with Crippen LogP contribution in [0.15, 0.2) is 42.7 Å². The maximum atomic E-state index is 11.4. The van der Waals surface area contributed by atoms with E-state index in [2.05, 4.69) is 15.6 Å². The molecule has 1 aromatic carbocycles. The molecule has 0 atom stereocenters. The van der Waals surface area contributed by atoms with Gasteiger partial charge in [0, 0.05) is 37.6 Å². The van der Waals surface area contributed by atoms with Crippen LogP contribution in [0.4, 0.5) is 11.4 Å². The fourth-order valence-electron chi connectivity index (χ4n) is 2.21. The van der Waals surface area contributed by atoms with E-state index in [4.69, 9.17) is 0 Å². The number of amides is 2. The summed E-state index contributed by atoms with van der Waals surface area (Å²) >= 11 is 0. The lowest BCUT2D eigenvalue weighted by molar-refractivity contribution is -0.115. The fraction of sp³-hybridized carbons (Fsp3) is 0.235. The number of carbonyl (C=O) groups excluding carboxylic acids is 2. The molecular formula is C17H19N3O2. The monoisotopic (exact) mass is 297 g/mol. The first-order valence-electron chi connectivity index (χ1n) is 7.11. The lowest BCUT2D eigenvalue weighted by Crippen LogP contribution is -2.11. The minimum Gasteiger partial charge on any atom is -0.326 e. The van der Waals surface area contributed by atoms with Gasteiger partial charge in [0.25, 0.3) is 0 Å². The van der Waals surface area contributed by atoms with Crippen LogP contribution < -0.4 is 10.6 Å². The minimum absolute atomic E-state index is 0.134. The highest BCUT2D eigenvalue weighted by Crippen LogP contribution is 2.23. The average Bonchev–Trinajstić information content (AvgIpc) is 2.46. The Morgan fingerprint density at radius 2 is 1.64 bits per heavy atom. The van der Waals surface area contributed by atoms with E-state index in [-0.39, 0.29) is 11.8 Å². The van der Waals surface area contributed by atoms with Crippen molar-refractivity contribution in [3.8, 4) is 0 Å². The Kier molecular flexibility index (Phi) is 5.25. The number of rotatable bonds is 5. The van der Waals surface area contributed by atoms with Crippen LogP contribution in [-0.4, -0.2) is 16.8 Å². The number of hydrogen-bond acceptors (Lipinski definition) is 3. The van der Waals surface area contributed by atoms with Gasteiger partial charge < -0.3 is 10.6 Å². The molecule has 2 aromatic rings. The maximum absolute atomic E-state index is 11.4. The molecule has 0 saturated carbocycles. The van der Waals surface area contributed by atoms with Crippen molar-refractivity contribution >= 4 is 23.2 Å². The largest absolute Gasteiger partial charge is 0.326 e. The van der Waals surface area contributed by atoms with Crippen molar-refractivity contribution in [1.29, 1.82) is 0 Å². The van der Waals surface area contributed by atoms with Crippen molar-refractivity contribution in [2.45, 2.75) is 26.7 Å². The Bertz CT molecular complexity index is 669. The van der Waals surface area contributed by atoms with Gasteiger partial charge in [-0.25, -0.2) is 0 Å². The summed E-state index contributed by atoms with van der Waals surface area (Å²) in [5, 5.41) is 5.54. The normalized spacial score (nSPS) is 10.1. The van der Waals surface area contributed by atoms with Gasteiger partial charge >= 0.3 is 0 Å². The molecule has 2 amide bonds. The first-order chi connectivity index (χ1) is 10.5. The average molecular weight is 297 g/mol. The van der Waals surface area contributed by atoms with Gasteiger partial charge in [-0.2, -0.15) is 0 Å². The second-order valence-corrected chi connectivity index (χ2v) is 5.09. The highest BCUT2D eigenvalue weighted by molar-refractivity contribution is 5.93. The van der Waals surface area contributed by atoms with Gasteiger partial charge in [-0.3, -0.25) is 14.6 Å². The number of hydrogen-bond donors (Lipinski definition) is 2. The van der Waals surface area contributed by atoms with Crippen LogP contribution in [0.5, 0.6) is 0 Å². The zero-order valence-corrected chi connectivity index (χ0v) is 12.7. The molecule has 0 radical (unpaired) electrons. The van der Waals surface area contributed by atoms with Gasteiger partial charge in [-0.15, -0.1) is 0 Å². The first-order valence-corrected chi connectivity index (χ1v) is 7.11. The van der Waals surface area contributed by atoms with Gasteiger partial charge in [0.05, 0.1) is 0 Å². The van der Waals surface area contributed by atoms with E-state index in [9.17, 15) is 9.59 Å². The van der Waals surface area contributed by atoms with Gasteiger partial charge in [0.1, 0.15) is 0 Å². The summed E-state index contributed by atoms with van der Waals surface area (Å²) in [6.45, 7) is 2.92. The third-order valence-corrected chi connectivity index (χ3v) is 3.17. The SMILES string of the molecule is CC(=O)Nc1ccc(CCc2ccncc2)c(NC(C)=O)c1.